The zero-order valence-electron chi connectivity index (χ0n) is 18.8. The van der Waals surface area contributed by atoms with E-state index in [2.05, 4.69) is 0 Å². The number of benzene rings is 1. The summed E-state index contributed by atoms with van der Waals surface area (Å²) in [5.41, 5.74) is -0.0372. The maximum absolute atomic E-state index is 10.4. The third-order valence-corrected chi connectivity index (χ3v) is 4.20. The number of hydrogen-bond donors (Lipinski definition) is 6. The third kappa shape index (κ3) is 23.5. The second-order valence-electron chi connectivity index (χ2n) is 7.11. The Bertz CT molecular complexity index is 634. The van der Waals surface area contributed by atoms with Crippen LogP contribution >= 0.6 is 0 Å². The van der Waals surface area contributed by atoms with Crippen molar-refractivity contribution in [1.82, 2.24) is 0 Å². The Kier molecular flexibility index (Phi) is 21.7. The van der Waals surface area contributed by atoms with Crippen LogP contribution in [-0.4, -0.2) is 67.7 Å². The fraction of sp³-hybridized carbons (Fsp3) is 0.565. The van der Waals surface area contributed by atoms with E-state index >= 15 is 0 Å². The first-order valence-corrected chi connectivity index (χ1v) is 10.9. The Balaban J connectivity index is 0. The Hall–Kier alpha value is -2.98. The largest absolute Gasteiger partial charge is 0.481 e. The van der Waals surface area contributed by atoms with Gasteiger partial charge in [-0.2, -0.15) is 0 Å². The summed E-state index contributed by atoms with van der Waals surface area (Å²) >= 11 is 0. The van der Waals surface area contributed by atoms with Crippen molar-refractivity contribution in [3.8, 4) is 0 Å². The molecule has 33 heavy (non-hydrogen) atoms. The van der Waals surface area contributed by atoms with Crippen molar-refractivity contribution in [3.63, 3.8) is 0 Å². The lowest BCUT2D eigenvalue weighted by molar-refractivity contribution is -0.138. The summed E-state index contributed by atoms with van der Waals surface area (Å²) in [6.45, 7) is 0.566. The molecule has 0 aliphatic heterocycles. The van der Waals surface area contributed by atoms with Gasteiger partial charge in [-0.3, -0.25) is 9.59 Å². The van der Waals surface area contributed by atoms with Gasteiger partial charge in [0.25, 0.3) is 0 Å². The first-order valence-electron chi connectivity index (χ1n) is 10.9. The molecule has 0 unspecified atom stereocenters. The number of carbonyl (C=O) groups is 4. The number of rotatable bonds is 15. The van der Waals surface area contributed by atoms with E-state index in [1.807, 2.05) is 0 Å². The standard InChI is InChI=1S/C9H16O4.C8H6O4.C6H14O2/c10-8(11)6-4-2-1-3-5-7-9(12)13;9-7(10)5-2-1-3-6(4-5)8(11)12;7-5-3-1-2-4-6-8/h1-7H2,(H,10,11)(H,12,13);1-4H,(H,9,10)(H,11,12);7-8H,1-6H2. The van der Waals surface area contributed by atoms with Crippen molar-refractivity contribution < 1.29 is 49.8 Å². The highest BCUT2D eigenvalue weighted by Crippen LogP contribution is 2.07. The minimum atomic E-state index is -1.13. The van der Waals surface area contributed by atoms with Gasteiger partial charge < -0.3 is 30.6 Å². The van der Waals surface area contributed by atoms with Crippen molar-refractivity contribution in [1.29, 1.82) is 0 Å². The van der Waals surface area contributed by atoms with Crippen molar-refractivity contribution in [2.75, 3.05) is 13.2 Å². The van der Waals surface area contributed by atoms with E-state index in [1.54, 1.807) is 0 Å². The molecule has 0 bridgehead atoms. The Labute approximate surface area is 193 Å². The van der Waals surface area contributed by atoms with Gasteiger partial charge in [-0.1, -0.05) is 38.2 Å². The Morgan fingerprint density at radius 2 is 0.879 bits per heavy atom. The summed E-state index contributed by atoms with van der Waals surface area (Å²) in [6.07, 6.45) is 8.36. The van der Waals surface area contributed by atoms with Crippen LogP contribution in [0.3, 0.4) is 0 Å². The molecule has 1 aromatic carbocycles. The average Bonchev–Trinajstić information content (AvgIpc) is 2.76. The number of carboxylic acid groups (broad SMARTS) is 4. The second-order valence-corrected chi connectivity index (χ2v) is 7.11. The molecule has 0 spiro atoms. The van der Waals surface area contributed by atoms with Crippen molar-refractivity contribution >= 4 is 23.9 Å². The van der Waals surface area contributed by atoms with E-state index in [4.69, 9.17) is 30.6 Å². The molecule has 0 fully saturated rings. The fourth-order valence-corrected chi connectivity index (χ4v) is 2.45. The molecule has 1 aromatic rings. The first-order chi connectivity index (χ1) is 15.6. The van der Waals surface area contributed by atoms with Crippen LogP contribution in [0.1, 0.15) is 91.3 Å². The molecule has 0 heterocycles. The fourth-order valence-electron chi connectivity index (χ4n) is 2.45. The number of aliphatic hydroxyl groups excluding tert-OH is 2. The predicted molar refractivity (Wildman–Crippen MR) is 121 cm³/mol. The first kappa shape index (κ1) is 32.2. The van der Waals surface area contributed by atoms with Gasteiger partial charge in [-0.15, -0.1) is 0 Å². The highest BCUT2D eigenvalue weighted by atomic mass is 16.4. The van der Waals surface area contributed by atoms with Crippen LogP contribution in [0.5, 0.6) is 0 Å². The zero-order valence-corrected chi connectivity index (χ0v) is 18.8. The van der Waals surface area contributed by atoms with E-state index in [0.29, 0.717) is 12.8 Å². The number of carboxylic acids is 4. The van der Waals surface area contributed by atoms with Crippen LogP contribution in [0.15, 0.2) is 24.3 Å². The van der Waals surface area contributed by atoms with Gasteiger partial charge in [0.15, 0.2) is 0 Å². The molecule has 0 saturated heterocycles. The molecule has 0 aliphatic rings. The SMILES string of the molecule is O=C(O)CCCCCCCC(=O)O.O=C(O)c1cccc(C(=O)O)c1.OCCCCCCO. The lowest BCUT2D eigenvalue weighted by Gasteiger charge is -1.97. The lowest BCUT2D eigenvalue weighted by Crippen LogP contribution is -2.01. The molecule has 0 saturated carbocycles. The van der Waals surface area contributed by atoms with Crippen molar-refractivity contribution in [2.45, 2.75) is 70.6 Å². The van der Waals surface area contributed by atoms with Gasteiger partial charge in [-0.25, -0.2) is 9.59 Å². The summed E-state index contributed by atoms with van der Waals surface area (Å²) < 4.78 is 0. The molecular formula is C23H36O10. The van der Waals surface area contributed by atoms with E-state index in [9.17, 15) is 19.2 Å². The zero-order chi connectivity index (χ0) is 25.5. The minimum Gasteiger partial charge on any atom is -0.481 e. The molecule has 188 valence electrons. The number of hydrogen-bond acceptors (Lipinski definition) is 6. The van der Waals surface area contributed by atoms with Crippen molar-refractivity contribution in [3.05, 3.63) is 35.4 Å². The number of unbranched alkanes of at least 4 members (excludes halogenated alkanes) is 7. The van der Waals surface area contributed by atoms with Gasteiger partial charge in [0, 0.05) is 26.1 Å². The normalized spacial score (nSPS) is 9.64. The number of aliphatic hydroxyl groups is 2. The van der Waals surface area contributed by atoms with Crippen LogP contribution in [0.25, 0.3) is 0 Å². The maximum Gasteiger partial charge on any atom is 0.335 e. The average molecular weight is 473 g/mol. The van der Waals surface area contributed by atoms with Crippen LogP contribution in [0, 0.1) is 0 Å². The van der Waals surface area contributed by atoms with E-state index in [-0.39, 0.29) is 37.2 Å². The van der Waals surface area contributed by atoms with Crippen LogP contribution in [-0.2, 0) is 9.59 Å². The van der Waals surface area contributed by atoms with Crippen molar-refractivity contribution in [2.24, 2.45) is 0 Å². The van der Waals surface area contributed by atoms with Gasteiger partial charge >= 0.3 is 23.9 Å². The molecule has 0 amide bonds. The Morgan fingerprint density at radius 1 is 0.545 bits per heavy atom. The summed E-state index contributed by atoms with van der Waals surface area (Å²) in [5, 5.41) is 50.2. The summed E-state index contributed by atoms with van der Waals surface area (Å²) in [4.78, 5) is 41.0. The molecule has 10 nitrogen and oxygen atoms in total. The molecule has 10 heteroatoms. The van der Waals surface area contributed by atoms with Gasteiger partial charge in [0.1, 0.15) is 0 Å². The molecule has 0 atom stereocenters. The number of aliphatic carboxylic acids is 2. The Morgan fingerprint density at radius 3 is 1.18 bits per heavy atom. The van der Waals surface area contributed by atoms with E-state index in [1.165, 1.54) is 18.2 Å². The van der Waals surface area contributed by atoms with Gasteiger partial charge in [0.2, 0.25) is 0 Å². The van der Waals surface area contributed by atoms with Crippen LogP contribution < -0.4 is 0 Å². The second kappa shape index (κ2) is 22.2. The van der Waals surface area contributed by atoms with E-state index < -0.39 is 23.9 Å². The smallest absolute Gasteiger partial charge is 0.335 e. The summed E-state index contributed by atoms with van der Waals surface area (Å²) in [6, 6.07) is 5.20. The molecule has 0 aliphatic carbocycles. The van der Waals surface area contributed by atoms with Gasteiger partial charge in [-0.05, 0) is 43.9 Å². The molecule has 6 N–H and O–H groups in total. The topological polar surface area (TPSA) is 190 Å². The quantitative estimate of drug-likeness (QED) is 0.206. The highest BCUT2D eigenvalue weighted by molar-refractivity contribution is 5.93. The van der Waals surface area contributed by atoms with Crippen LogP contribution in [0.2, 0.25) is 0 Å². The monoisotopic (exact) mass is 472 g/mol. The molecule has 0 radical (unpaired) electrons. The predicted octanol–water partition coefficient (Wildman–Crippen LogP) is 3.50. The van der Waals surface area contributed by atoms with E-state index in [0.717, 1.165) is 51.0 Å². The maximum atomic E-state index is 10.4. The summed E-state index contributed by atoms with van der Waals surface area (Å²) in [7, 11) is 0. The number of aromatic carboxylic acids is 2. The lowest BCUT2D eigenvalue weighted by atomic mass is 10.1. The van der Waals surface area contributed by atoms with Crippen LogP contribution in [0.4, 0.5) is 0 Å². The molecule has 0 aromatic heterocycles. The summed E-state index contributed by atoms with van der Waals surface area (Å²) in [5.74, 6) is -3.77. The third-order valence-electron chi connectivity index (χ3n) is 4.20. The minimum absolute atomic E-state index is 0.0186. The highest BCUT2D eigenvalue weighted by Gasteiger charge is 2.06. The molecule has 1 rings (SSSR count). The molecular weight excluding hydrogens is 436 g/mol. The van der Waals surface area contributed by atoms with Gasteiger partial charge in [0.05, 0.1) is 11.1 Å².